The van der Waals surface area contributed by atoms with Gasteiger partial charge in [0.2, 0.25) is 11.8 Å². The zero-order chi connectivity index (χ0) is 28.0. The molecule has 0 saturated carbocycles. The molecule has 0 radical (unpaired) electrons. The number of carbonyl (C=O) groups excluding carboxylic acids is 2. The quantitative estimate of drug-likeness (QED) is 0.305. The van der Waals surface area contributed by atoms with Crippen molar-refractivity contribution in [2.45, 2.75) is 12.8 Å². The zero-order valence-electron chi connectivity index (χ0n) is 22.0. The standard InChI is InChI=1S/C32H26N4O4/c1-35-25-15-5-3-9-19(25)31(39)21-11-7-13-23(29(21)35)33-27(37)17-18-28(38)34-24-14-8-12-22-30(24)36(2)26-16-6-4-10-20(26)32(22)40/h3-16H,17-18H2,1-2H3,(H,33,37)(H,34,38). The monoisotopic (exact) mass is 530 g/mol. The number of hydrogen-bond acceptors (Lipinski definition) is 4. The van der Waals surface area contributed by atoms with Crippen LogP contribution in [0.1, 0.15) is 12.8 Å². The third-order valence-electron chi connectivity index (χ3n) is 7.38. The Morgan fingerprint density at radius 2 is 0.925 bits per heavy atom. The van der Waals surface area contributed by atoms with E-state index in [9.17, 15) is 19.2 Å². The second kappa shape index (κ2) is 9.81. The molecule has 0 aliphatic rings. The van der Waals surface area contributed by atoms with Crippen molar-refractivity contribution in [1.29, 1.82) is 0 Å². The summed E-state index contributed by atoms with van der Waals surface area (Å²) in [5.74, 6) is -0.695. The molecule has 198 valence electrons. The fourth-order valence-electron chi connectivity index (χ4n) is 5.48. The Bertz CT molecular complexity index is 1970. The number of pyridine rings is 2. The predicted molar refractivity (Wildman–Crippen MR) is 160 cm³/mol. The third-order valence-corrected chi connectivity index (χ3v) is 7.38. The number of fused-ring (bicyclic) bond motifs is 4. The highest BCUT2D eigenvalue weighted by Gasteiger charge is 2.16. The Kier molecular flexibility index (Phi) is 6.15. The lowest BCUT2D eigenvalue weighted by Gasteiger charge is -2.15. The van der Waals surface area contributed by atoms with E-state index in [1.807, 2.05) is 59.6 Å². The van der Waals surface area contributed by atoms with E-state index < -0.39 is 0 Å². The van der Waals surface area contributed by atoms with Crippen molar-refractivity contribution in [2.75, 3.05) is 10.6 Å². The normalized spacial score (nSPS) is 11.3. The lowest BCUT2D eigenvalue weighted by Crippen LogP contribution is -2.19. The molecule has 8 nitrogen and oxygen atoms in total. The highest BCUT2D eigenvalue weighted by molar-refractivity contribution is 6.07. The molecule has 6 aromatic rings. The van der Waals surface area contributed by atoms with E-state index in [0.717, 1.165) is 11.0 Å². The smallest absolute Gasteiger partial charge is 0.224 e. The average molecular weight is 531 g/mol. The van der Waals surface area contributed by atoms with Gasteiger partial charge in [0.05, 0.1) is 33.4 Å². The van der Waals surface area contributed by atoms with Crippen molar-refractivity contribution in [1.82, 2.24) is 9.13 Å². The zero-order valence-corrected chi connectivity index (χ0v) is 22.0. The van der Waals surface area contributed by atoms with Crippen molar-refractivity contribution in [3.05, 3.63) is 105 Å². The number of aromatic nitrogens is 2. The van der Waals surface area contributed by atoms with Gasteiger partial charge < -0.3 is 19.8 Å². The van der Waals surface area contributed by atoms with Crippen LogP contribution >= 0.6 is 0 Å². The first-order valence-electron chi connectivity index (χ1n) is 13.0. The maximum atomic E-state index is 13.1. The molecule has 6 rings (SSSR count). The highest BCUT2D eigenvalue weighted by Crippen LogP contribution is 2.26. The third kappa shape index (κ3) is 4.10. The molecule has 0 bridgehead atoms. The van der Waals surface area contributed by atoms with Gasteiger partial charge in [-0.1, -0.05) is 36.4 Å². The van der Waals surface area contributed by atoms with Gasteiger partial charge in [-0.3, -0.25) is 19.2 Å². The molecule has 0 unspecified atom stereocenters. The van der Waals surface area contributed by atoms with Crippen molar-refractivity contribution < 1.29 is 9.59 Å². The van der Waals surface area contributed by atoms with Crippen molar-refractivity contribution >= 4 is 66.8 Å². The minimum atomic E-state index is -0.348. The molecule has 0 fully saturated rings. The number of benzene rings is 4. The van der Waals surface area contributed by atoms with Crippen LogP contribution in [-0.2, 0) is 23.7 Å². The number of carbonyl (C=O) groups is 2. The second-order valence-electron chi connectivity index (χ2n) is 9.81. The first-order valence-corrected chi connectivity index (χ1v) is 13.0. The first kappa shape index (κ1) is 25.1. The van der Waals surface area contributed by atoms with Crippen LogP contribution in [0.2, 0.25) is 0 Å². The number of para-hydroxylation sites is 4. The van der Waals surface area contributed by atoms with Gasteiger partial charge in [0.25, 0.3) is 0 Å². The van der Waals surface area contributed by atoms with Crippen LogP contribution in [-0.4, -0.2) is 20.9 Å². The van der Waals surface area contributed by atoms with Gasteiger partial charge in [-0.15, -0.1) is 0 Å². The van der Waals surface area contributed by atoms with Crippen LogP contribution in [0.4, 0.5) is 11.4 Å². The van der Waals surface area contributed by atoms with E-state index in [1.165, 1.54) is 0 Å². The number of nitrogens with one attached hydrogen (secondary N) is 2. The Labute approximate surface area is 228 Å². The molecule has 2 amide bonds. The van der Waals surface area contributed by atoms with Crippen LogP contribution in [0, 0.1) is 0 Å². The molecule has 2 aromatic heterocycles. The molecule has 2 N–H and O–H groups in total. The van der Waals surface area contributed by atoms with Crippen molar-refractivity contribution in [3.63, 3.8) is 0 Å². The highest BCUT2D eigenvalue weighted by atomic mass is 16.2. The summed E-state index contributed by atoms with van der Waals surface area (Å²) >= 11 is 0. The van der Waals surface area contributed by atoms with E-state index in [4.69, 9.17) is 0 Å². The Morgan fingerprint density at radius 3 is 1.35 bits per heavy atom. The summed E-state index contributed by atoms with van der Waals surface area (Å²) in [7, 11) is 3.71. The minimum Gasteiger partial charge on any atom is -0.342 e. The van der Waals surface area contributed by atoms with Gasteiger partial charge in [0, 0.05) is 48.5 Å². The molecular formula is C32H26N4O4. The van der Waals surface area contributed by atoms with Crippen molar-refractivity contribution in [2.24, 2.45) is 14.1 Å². The second-order valence-corrected chi connectivity index (χ2v) is 9.81. The number of nitrogens with zero attached hydrogens (tertiary/aromatic N) is 2. The van der Waals surface area contributed by atoms with Crippen LogP contribution in [0.25, 0.3) is 43.6 Å². The molecule has 0 saturated heterocycles. The van der Waals surface area contributed by atoms with E-state index in [1.54, 1.807) is 48.5 Å². The maximum Gasteiger partial charge on any atom is 0.224 e. The fourth-order valence-corrected chi connectivity index (χ4v) is 5.48. The van der Waals surface area contributed by atoms with Crippen LogP contribution < -0.4 is 21.5 Å². The molecule has 40 heavy (non-hydrogen) atoms. The summed E-state index contributed by atoms with van der Waals surface area (Å²) in [6.45, 7) is 0. The summed E-state index contributed by atoms with van der Waals surface area (Å²) in [4.78, 5) is 52.0. The van der Waals surface area contributed by atoms with Gasteiger partial charge in [0.15, 0.2) is 10.9 Å². The first-order chi connectivity index (χ1) is 19.3. The van der Waals surface area contributed by atoms with Gasteiger partial charge in [0.1, 0.15) is 0 Å². The van der Waals surface area contributed by atoms with E-state index >= 15 is 0 Å². The lowest BCUT2D eigenvalue weighted by molar-refractivity contribution is -0.121. The van der Waals surface area contributed by atoms with E-state index in [2.05, 4.69) is 10.6 Å². The number of anilines is 2. The van der Waals surface area contributed by atoms with Gasteiger partial charge in [-0.2, -0.15) is 0 Å². The summed E-state index contributed by atoms with van der Waals surface area (Å²) in [5.41, 5.74) is 3.57. The summed E-state index contributed by atoms with van der Waals surface area (Å²) < 4.78 is 3.78. The maximum absolute atomic E-state index is 13.1. The summed E-state index contributed by atoms with van der Waals surface area (Å²) in [5, 5.41) is 7.98. The number of rotatable bonds is 5. The Morgan fingerprint density at radius 1 is 0.550 bits per heavy atom. The molecule has 0 aliphatic carbocycles. The minimum absolute atomic E-state index is 0.0592. The molecule has 8 heteroatoms. The molecule has 4 aromatic carbocycles. The van der Waals surface area contributed by atoms with E-state index in [0.29, 0.717) is 44.0 Å². The van der Waals surface area contributed by atoms with Gasteiger partial charge in [-0.25, -0.2) is 0 Å². The van der Waals surface area contributed by atoms with Crippen LogP contribution in [0.3, 0.4) is 0 Å². The van der Waals surface area contributed by atoms with Crippen LogP contribution in [0.5, 0.6) is 0 Å². The number of amides is 2. The molecule has 0 spiro atoms. The largest absolute Gasteiger partial charge is 0.342 e. The number of hydrogen-bond donors (Lipinski definition) is 2. The molecule has 0 aliphatic heterocycles. The molecule has 0 atom stereocenters. The summed E-state index contributed by atoms with van der Waals surface area (Å²) in [6, 6.07) is 25.1. The van der Waals surface area contributed by atoms with Crippen LogP contribution in [0.15, 0.2) is 94.5 Å². The van der Waals surface area contributed by atoms with Gasteiger partial charge in [-0.05, 0) is 48.5 Å². The molecular weight excluding hydrogens is 504 g/mol. The van der Waals surface area contributed by atoms with Gasteiger partial charge >= 0.3 is 0 Å². The topological polar surface area (TPSA) is 102 Å². The average Bonchev–Trinajstić information content (AvgIpc) is 2.97. The Balaban J connectivity index is 1.23. The summed E-state index contributed by atoms with van der Waals surface area (Å²) in [6.07, 6.45) is -0.118. The Hall–Kier alpha value is -5.24. The predicted octanol–water partition coefficient (Wildman–Crippen LogP) is 5.05. The molecule has 2 heterocycles. The fraction of sp³-hybridized carbons (Fsp3) is 0.125. The van der Waals surface area contributed by atoms with E-state index in [-0.39, 0.29) is 35.5 Å². The van der Waals surface area contributed by atoms with Crippen molar-refractivity contribution in [3.8, 4) is 0 Å². The number of aryl methyl sites for hydroxylation is 2. The SMILES string of the molecule is Cn1c2ccccc2c(=O)c2cccc(NC(=O)CCC(=O)Nc3cccc4c(=O)c5ccccc5n(C)c34)c21. The lowest BCUT2D eigenvalue weighted by atomic mass is 10.1.